The molecule has 1 aliphatic carbocycles. The van der Waals surface area contributed by atoms with Crippen LogP contribution in [0.15, 0.2) is 18.5 Å². The lowest BCUT2D eigenvalue weighted by atomic mass is 9.90. The minimum atomic E-state index is 0.519. The predicted octanol–water partition coefficient (Wildman–Crippen LogP) is 1.92. The second kappa shape index (κ2) is 5.83. The Morgan fingerprint density at radius 2 is 2.11 bits per heavy atom. The summed E-state index contributed by atoms with van der Waals surface area (Å²) in [7, 11) is 4.10. The van der Waals surface area contributed by atoms with Gasteiger partial charge in [0.2, 0.25) is 0 Å². The molecule has 0 bridgehead atoms. The van der Waals surface area contributed by atoms with Gasteiger partial charge in [-0.2, -0.15) is 5.26 Å². The number of nitrogens with one attached hydrogen (secondary N) is 1. The van der Waals surface area contributed by atoms with E-state index in [0.717, 1.165) is 5.69 Å². The first kappa shape index (κ1) is 12.8. The molecule has 4 heteroatoms. The van der Waals surface area contributed by atoms with Crippen LogP contribution in [0.5, 0.6) is 0 Å². The summed E-state index contributed by atoms with van der Waals surface area (Å²) >= 11 is 0. The highest BCUT2D eigenvalue weighted by atomic mass is 15.1. The fourth-order valence-corrected chi connectivity index (χ4v) is 2.71. The quantitative estimate of drug-likeness (QED) is 0.882. The molecule has 1 fully saturated rings. The third kappa shape index (κ3) is 2.62. The first-order chi connectivity index (χ1) is 8.76. The summed E-state index contributed by atoms with van der Waals surface area (Å²) < 4.78 is 0. The number of rotatable bonds is 3. The number of nitriles is 1. The van der Waals surface area contributed by atoms with Gasteiger partial charge in [-0.3, -0.25) is 4.98 Å². The highest BCUT2D eigenvalue weighted by molar-refractivity contribution is 5.57. The van der Waals surface area contributed by atoms with Gasteiger partial charge in [-0.15, -0.1) is 0 Å². The molecule has 1 heterocycles. The van der Waals surface area contributed by atoms with E-state index in [1.54, 1.807) is 18.5 Å². The minimum absolute atomic E-state index is 0.519. The van der Waals surface area contributed by atoms with Gasteiger partial charge < -0.3 is 10.2 Å². The summed E-state index contributed by atoms with van der Waals surface area (Å²) in [6, 6.07) is 5.20. The van der Waals surface area contributed by atoms with Crippen molar-refractivity contribution in [2.45, 2.75) is 37.8 Å². The standard InChI is InChI=1S/C14H20N4/c1-16-12-3-5-13(6-4-12)18(2)14-10-17-8-7-11(14)9-15/h7-8,10,12-13,16H,3-6H2,1-2H3. The van der Waals surface area contributed by atoms with Crippen molar-refractivity contribution in [2.75, 3.05) is 19.0 Å². The zero-order valence-electron chi connectivity index (χ0n) is 11.1. The van der Waals surface area contributed by atoms with Gasteiger partial charge in [0.05, 0.1) is 17.4 Å². The van der Waals surface area contributed by atoms with Gasteiger partial charge in [0, 0.05) is 25.3 Å². The minimum Gasteiger partial charge on any atom is -0.369 e. The molecule has 1 aliphatic rings. The summed E-state index contributed by atoms with van der Waals surface area (Å²) in [5, 5.41) is 12.5. The predicted molar refractivity (Wildman–Crippen MR) is 72.5 cm³/mol. The van der Waals surface area contributed by atoms with Gasteiger partial charge in [-0.05, 0) is 38.8 Å². The van der Waals surface area contributed by atoms with Gasteiger partial charge in [0.1, 0.15) is 6.07 Å². The van der Waals surface area contributed by atoms with E-state index < -0.39 is 0 Å². The maximum atomic E-state index is 9.13. The fourth-order valence-electron chi connectivity index (χ4n) is 2.71. The molecule has 0 spiro atoms. The topological polar surface area (TPSA) is 52.0 Å². The SMILES string of the molecule is CNC1CCC(N(C)c2cnccc2C#N)CC1. The van der Waals surface area contributed by atoms with Crippen LogP contribution in [0.4, 0.5) is 5.69 Å². The normalized spacial score (nSPS) is 23.4. The van der Waals surface area contributed by atoms with Crippen molar-refractivity contribution in [3.8, 4) is 6.07 Å². The first-order valence-electron chi connectivity index (χ1n) is 6.50. The van der Waals surface area contributed by atoms with Crippen LogP contribution in [0.3, 0.4) is 0 Å². The van der Waals surface area contributed by atoms with Crippen LogP contribution in [0, 0.1) is 11.3 Å². The molecule has 0 saturated heterocycles. The Kier molecular flexibility index (Phi) is 4.16. The van der Waals surface area contributed by atoms with Crippen LogP contribution < -0.4 is 10.2 Å². The Morgan fingerprint density at radius 1 is 1.39 bits per heavy atom. The van der Waals surface area contributed by atoms with E-state index in [4.69, 9.17) is 5.26 Å². The van der Waals surface area contributed by atoms with Crippen LogP contribution in [0.1, 0.15) is 31.2 Å². The van der Waals surface area contributed by atoms with Crippen LogP contribution in [-0.2, 0) is 0 Å². The lowest BCUT2D eigenvalue weighted by Crippen LogP contribution is -2.40. The Labute approximate surface area is 109 Å². The van der Waals surface area contributed by atoms with E-state index in [0.29, 0.717) is 17.6 Å². The monoisotopic (exact) mass is 244 g/mol. The van der Waals surface area contributed by atoms with Crippen molar-refractivity contribution in [1.82, 2.24) is 10.3 Å². The number of hydrogen-bond acceptors (Lipinski definition) is 4. The molecule has 1 N–H and O–H groups in total. The molecule has 1 aromatic rings. The maximum Gasteiger partial charge on any atom is 0.101 e. The summed E-state index contributed by atoms with van der Waals surface area (Å²) in [5.74, 6) is 0. The second-order valence-electron chi connectivity index (χ2n) is 4.91. The molecular weight excluding hydrogens is 224 g/mol. The van der Waals surface area contributed by atoms with Crippen molar-refractivity contribution in [3.63, 3.8) is 0 Å². The van der Waals surface area contributed by atoms with Gasteiger partial charge in [0.15, 0.2) is 0 Å². The molecule has 0 aliphatic heterocycles. The molecule has 2 rings (SSSR count). The lowest BCUT2D eigenvalue weighted by molar-refractivity contribution is 0.351. The zero-order valence-corrected chi connectivity index (χ0v) is 11.1. The van der Waals surface area contributed by atoms with Gasteiger partial charge in [-0.25, -0.2) is 0 Å². The van der Waals surface area contributed by atoms with Crippen molar-refractivity contribution >= 4 is 5.69 Å². The van der Waals surface area contributed by atoms with Crippen LogP contribution in [0.25, 0.3) is 0 Å². The average molecular weight is 244 g/mol. The first-order valence-corrected chi connectivity index (χ1v) is 6.50. The van der Waals surface area contributed by atoms with E-state index in [2.05, 4.69) is 28.3 Å². The Bertz CT molecular complexity index is 430. The molecule has 0 unspecified atom stereocenters. The molecule has 1 aromatic heterocycles. The van der Waals surface area contributed by atoms with Crippen LogP contribution in [-0.4, -0.2) is 31.2 Å². The van der Waals surface area contributed by atoms with Crippen LogP contribution >= 0.6 is 0 Å². The number of anilines is 1. The summed E-state index contributed by atoms with van der Waals surface area (Å²) in [6.07, 6.45) is 8.21. The highest BCUT2D eigenvalue weighted by Gasteiger charge is 2.24. The van der Waals surface area contributed by atoms with Crippen LogP contribution in [0.2, 0.25) is 0 Å². The lowest BCUT2D eigenvalue weighted by Gasteiger charge is -2.36. The number of hydrogen-bond donors (Lipinski definition) is 1. The number of aromatic nitrogens is 1. The maximum absolute atomic E-state index is 9.13. The molecular formula is C14H20N4. The number of nitrogens with zero attached hydrogens (tertiary/aromatic N) is 3. The summed E-state index contributed by atoms with van der Waals surface area (Å²) in [5.41, 5.74) is 1.66. The molecule has 0 atom stereocenters. The Hall–Kier alpha value is -1.60. The van der Waals surface area contributed by atoms with Gasteiger partial charge in [-0.1, -0.05) is 0 Å². The summed E-state index contributed by atoms with van der Waals surface area (Å²) in [4.78, 5) is 6.35. The molecule has 0 amide bonds. The van der Waals surface area contributed by atoms with E-state index in [9.17, 15) is 0 Å². The molecule has 0 radical (unpaired) electrons. The van der Waals surface area contributed by atoms with Crippen molar-refractivity contribution in [2.24, 2.45) is 0 Å². The van der Waals surface area contributed by atoms with Crippen molar-refractivity contribution in [1.29, 1.82) is 5.26 Å². The van der Waals surface area contributed by atoms with Gasteiger partial charge in [0.25, 0.3) is 0 Å². The third-order valence-corrected chi connectivity index (χ3v) is 3.95. The molecule has 0 aromatic carbocycles. The second-order valence-corrected chi connectivity index (χ2v) is 4.91. The molecule has 4 nitrogen and oxygen atoms in total. The smallest absolute Gasteiger partial charge is 0.101 e. The number of pyridine rings is 1. The third-order valence-electron chi connectivity index (χ3n) is 3.95. The fraction of sp³-hybridized carbons (Fsp3) is 0.571. The summed E-state index contributed by atoms with van der Waals surface area (Å²) in [6.45, 7) is 0. The average Bonchev–Trinajstić information content (AvgIpc) is 2.46. The molecule has 1 saturated carbocycles. The molecule has 18 heavy (non-hydrogen) atoms. The largest absolute Gasteiger partial charge is 0.369 e. The molecule has 96 valence electrons. The Balaban J connectivity index is 2.08. The van der Waals surface area contributed by atoms with E-state index in [1.807, 2.05) is 7.05 Å². The van der Waals surface area contributed by atoms with Crippen molar-refractivity contribution < 1.29 is 0 Å². The highest BCUT2D eigenvalue weighted by Crippen LogP contribution is 2.27. The zero-order chi connectivity index (χ0) is 13.0. The van der Waals surface area contributed by atoms with Crippen molar-refractivity contribution in [3.05, 3.63) is 24.0 Å². The van der Waals surface area contributed by atoms with Gasteiger partial charge >= 0.3 is 0 Å². The van der Waals surface area contributed by atoms with E-state index in [1.165, 1.54) is 25.7 Å². The Morgan fingerprint density at radius 3 is 2.72 bits per heavy atom. The van der Waals surface area contributed by atoms with E-state index >= 15 is 0 Å². The van der Waals surface area contributed by atoms with E-state index in [-0.39, 0.29) is 0 Å².